The van der Waals surface area contributed by atoms with Gasteiger partial charge in [-0.1, -0.05) is 103 Å². The van der Waals surface area contributed by atoms with Gasteiger partial charge in [0, 0.05) is 27.5 Å². The molecule has 0 N–H and O–H groups in total. The number of fused-ring (bicyclic) bond motifs is 4. The summed E-state index contributed by atoms with van der Waals surface area (Å²) in [6.45, 7) is 0. The van der Waals surface area contributed by atoms with E-state index in [9.17, 15) is 0 Å². The van der Waals surface area contributed by atoms with Gasteiger partial charge in [-0.15, -0.1) is 0 Å². The summed E-state index contributed by atoms with van der Waals surface area (Å²) in [4.78, 5) is 13.6. The van der Waals surface area contributed by atoms with E-state index in [-0.39, 0.29) is 5.28 Å². The molecule has 0 radical (unpaired) electrons. The number of hydrogen-bond donors (Lipinski definition) is 0. The second-order valence-corrected chi connectivity index (χ2v) is 8.95. The monoisotopic (exact) mass is 483 g/mol. The third-order valence-corrected chi connectivity index (χ3v) is 6.65. The van der Waals surface area contributed by atoms with Crippen LogP contribution in [0.5, 0.6) is 0 Å². The van der Waals surface area contributed by atoms with Gasteiger partial charge in [0.1, 0.15) is 11.2 Å². The first-order valence-corrected chi connectivity index (χ1v) is 12.0. The highest BCUT2D eigenvalue weighted by molar-refractivity contribution is 6.28. The highest BCUT2D eigenvalue weighted by Crippen LogP contribution is 2.41. The predicted molar refractivity (Wildman–Crippen MR) is 146 cm³/mol. The maximum atomic E-state index is 6.49. The van der Waals surface area contributed by atoms with Crippen molar-refractivity contribution in [2.45, 2.75) is 0 Å². The van der Waals surface area contributed by atoms with Crippen molar-refractivity contribution in [2.24, 2.45) is 0 Å². The minimum Gasteiger partial charge on any atom is -0.455 e. The summed E-state index contributed by atoms with van der Waals surface area (Å²) in [7, 11) is 0. The number of nitrogens with zero attached hydrogens (tertiary/aromatic N) is 3. The summed E-state index contributed by atoms with van der Waals surface area (Å²) in [5.74, 6) is 1.05. The van der Waals surface area contributed by atoms with Gasteiger partial charge in [0.15, 0.2) is 11.6 Å². The van der Waals surface area contributed by atoms with Crippen LogP contribution in [0.2, 0.25) is 5.28 Å². The van der Waals surface area contributed by atoms with Crippen LogP contribution < -0.4 is 0 Å². The van der Waals surface area contributed by atoms with E-state index in [0.29, 0.717) is 11.6 Å². The number of para-hydroxylation sites is 1. The molecule has 7 aromatic rings. The molecule has 0 spiro atoms. The van der Waals surface area contributed by atoms with Crippen molar-refractivity contribution in [1.29, 1.82) is 0 Å². The van der Waals surface area contributed by atoms with Gasteiger partial charge in [0.2, 0.25) is 5.28 Å². The summed E-state index contributed by atoms with van der Waals surface area (Å²) in [5, 5.41) is 4.49. The molecule has 0 aliphatic rings. The van der Waals surface area contributed by atoms with Crippen LogP contribution in [0.25, 0.3) is 66.6 Å². The van der Waals surface area contributed by atoms with Crippen LogP contribution in [0.1, 0.15) is 0 Å². The van der Waals surface area contributed by atoms with Gasteiger partial charge in [-0.25, -0.2) is 4.98 Å². The van der Waals surface area contributed by atoms with Crippen molar-refractivity contribution in [1.82, 2.24) is 15.0 Å². The minimum atomic E-state index is 0.153. The molecule has 0 amide bonds. The van der Waals surface area contributed by atoms with E-state index in [4.69, 9.17) is 21.0 Å². The second kappa shape index (κ2) is 8.29. The summed E-state index contributed by atoms with van der Waals surface area (Å²) in [6, 6.07) is 36.7. The average molecular weight is 484 g/mol. The van der Waals surface area contributed by atoms with Crippen molar-refractivity contribution in [3.63, 3.8) is 0 Å². The van der Waals surface area contributed by atoms with Gasteiger partial charge in [-0.3, -0.25) is 0 Å². The molecule has 36 heavy (non-hydrogen) atoms. The molecular weight excluding hydrogens is 466 g/mol. The van der Waals surface area contributed by atoms with E-state index in [1.54, 1.807) is 0 Å². The number of furan rings is 1. The first-order chi connectivity index (χ1) is 17.8. The molecule has 4 nitrogen and oxygen atoms in total. The fourth-order valence-electron chi connectivity index (χ4n) is 4.89. The Balaban J connectivity index is 1.49. The first-order valence-electron chi connectivity index (χ1n) is 11.7. The number of rotatable bonds is 3. The topological polar surface area (TPSA) is 51.8 Å². The summed E-state index contributed by atoms with van der Waals surface area (Å²) in [5.41, 5.74) is 5.51. The van der Waals surface area contributed by atoms with Crippen LogP contribution in [-0.4, -0.2) is 15.0 Å². The lowest BCUT2D eigenvalue weighted by molar-refractivity contribution is 0.670. The average Bonchev–Trinajstić information content (AvgIpc) is 3.32. The standard InChI is InChI=1S/C31H18ClN3O/c32-31-34-29(20-10-2-1-3-11-20)33-30(35-31)25-17-8-18-26-27(25)24-16-7-15-23(28(24)36-26)22-14-6-12-19-9-4-5-13-21(19)22/h1-18H. The van der Waals surface area contributed by atoms with Gasteiger partial charge < -0.3 is 4.42 Å². The van der Waals surface area contributed by atoms with Gasteiger partial charge in [0.05, 0.1) is 0 Å². The van der Waals surface area contributed by atoms with Gasteiger partial charge in [-0.05, 0) is 34.0 Å². The predicted octanol–water partition coefficient (Wildman–Crippen LogP) is 8.58. The highest BCUT2D eigenvalue weighted by atomic mass is 35.5. The highest BCUT2D eigenvalue weighted by Gasteiger charge is 2.19. The smallest absolute Gasteiger partial charge is 0.226 e. The Labute approximate surface area is 211 Å². The Morgan fingerprint density at radius 1 is 0.528 bits per heavy atom. The Bertz CT molecular complexity index is 1910. The lowest BCUT2D eigenvalue weighted by Crippen LogP contribution is -1.97. The molecule has 170 valence electrons. The van der Waals surface area contributed by atoms with Crippen LogP contribution in [-0.2, 0) is 0 Å². The van der Waals surface area contributed by atoms with E-state index in [1.165, 1.54) is 10.8 Å². The fourth-order valence-corrected chi connectivity index (χ4v) is 5.05. The van der Waals surface area contributed by atoms with Crippen LogP contribution in [0, 0.1) is 0 Å². The molecule has 5 aromatic carbocycles. The molecule has 0 unspecified atom stereocenters. The molecule has 7 rings (SSSR count). The lowest BCUT2D eigenvalue weighted by atomic mass is 9.96. The summed E-state index contributed by atoms with van der Waals surface area (Å²) < 4.78 is 6.49. The van der Waals surface area contributed by atoms with Gasteiger partial charge in [0.25, 0.3) is 0 Å². The maximum Gasteiger partial charge on any atom is 0.226 e. The van der Waals surface area contributed by atoms with Crippen molar-refractivity contribution in [2.75, 3.05) is 0 Å². The lowest BCUT2D eigenvalue weighted by Gasteiger charge is -2.08. The maximum absolute atomic E-state index is 6.49. The number of aromatic nitrogens is 3. The number of halogens is 1. The van der Waals surface area contributed by atoms with Crippen molar-refractivity contribution in [3.8, 4) is 33.9 Å². The molecule has 0 aliphatic carbocycles. The van der Waals surface area contributed by atoms with Crippen LogP contribution in [0.3, 0.4) is 0 Å². The van der Waals surface area contributed by atoms with Crippen molar-refractivity contribution < 1.29 is 4.42 Å². The largest absolute Gasteiger partial charge is 0.455 e. The fraction of sp³-hybridized carbons (Fsp3) is 0. The summed E-state index contributed by atoms with van der Waals surface area (Å²) >= 11 is 6.37. The molecule has 5 heteroatoms. The minimum absolute atomic E-state index is 0.153. The molecule has 0 atom stereocenters. The van der Waals surface area contributed by atoms with Gasteiger partial charge >= 0.3 is 0 Å². The summed E-state index contributed by atoms with van der Waals surface area (Å²) in [6.07, 6.45) is 0. The molecule has 0 saturated heterocycles. The van der Waals surface area contributed by atoms with E-state index in [2.05, 4.69) is 70.6 Å². The third kappa shape index (κ3) is 3.35. The SMILES string of the molecule is Clc1nc(-c2ccccc2)nc(-c2cccc3oc4c(-c5cccc6ccccc56)cccc4c23)n1. The Kier molecular flexibility index (Phi) is 4.79. The molecule has 0 fully saturated rings. The Morgan fingerprint density at radius 3 is 2.11 bits per heavy atom. The molecule has 0 saturated carbocycles. The van der Waals surface area contributed by atoms with E-state index >= 15 is 0 Å². The normalized spacial score (nSPS) is 11.5. The zero-order chi connectivity index (χ0) is 24.1. The third-order valence-electron chi connectivity index (χ3n) is 6.48. The van der Waals surface area contributed by atoms with E-state index in [1.807, 2.05) is 48.5 Å². The quantitative estimate of drug-likeness (QED) is 0.252. The Morgan fingerprint density at radius 2 is 1.19 bits per heavy atom. The molecule has 2 aromatic heterocycles. The van der Waals surface area contributed by atoms with E-state index < -0.39 is 0 Å². The van der Waals surface area contributed by atoms with Crippen molar-refractivity contribution in [3.05, 3.63) is 114 Å². The number of benzene rings is 5. The molecule has 0 aliphatic heterocycles. The molecular formula is C31H18ClN3O. The van der Waals surface area contributed by atoms with Crippen LogP contribution >= 0.6 is 11.6 Å². The zero-order valence-electron chi connectivity index (χ0n) is 19.0. The molecule has 0 bridgehead atoms. The van der Waals surface area contributed by atoms with Crippen LogP contribution in [0.15, 0.2) is 114 Å². The molecule has 2 heterocycles. The van der Waals surface area contributed by atoms with Crippen molar-refractivity contribution >= 4 is 44.3 Å². The number of hydrogen-bond acceptors (Lipinski definition) is 4. The van der Waals surface area contributed by atoms with E-state index in [0.717, 1.165) is 44.2 Å². The van der Waals surface area contributed by atoms with Crippen LogP contribution in [0.4, 0.5) is 0 Å². The first kappa shape index (κ1) is 20.8. The zero-order valence-corrected chi connectivity index (χ0v) is 19.8. The van der Waals surface area contributed by atoms with Gasteiger partial charge in [-0.2, -0.15) is 9.97 Å². The Hall–Kier alpha value is -4.54. The second-order valence-electron chi connectivity index (χ2n) is 8.61.